The van der Waals surface area contributed by atoms with Crippen molar-refractivity contribution in [3.63, 3.8) is 0 Å². The Bertz CT molecular complexity index is 189. The summed E-state index contributed by atoms with van der Waals surface area (Å²) in [4.78, 5) is 9.14. The maximum Gasteiger partial charge on any atom is 0.472 e. The zero-order valence-electron chi connectivity index (χ0n) is 9.35. The Morgan fingerprint density at radius 1 is 1.13 bits per heavy atom. The third kappa shape index (κ3) is 10.4. The standard InChI is InChI=1S/C9H22NO4P/c1-2-8-13-15(11,12)14-9-6-4-3-5-7-10/h2-10H2,1H3,(H,11,12). The van der Waals surface area contributed by atoms with E-state index >= 15 is 0 Å². The largest absolute Gasteiger partial charge is 0.472 e. The Kier molecular flexibility index (Phi) is 9.35. The van der Waals surface area contributed by atoms with Crippen LogP contribution in [0.25, 0.3) is 0 Å². The highest BCUT2D eigenvalue weighted by Crippen LogP contribution is 2.43. The molecule has 0 aromatic heterocycles. The lowest BCUT2D eigenvalue weighted by molar-refractivity contribution is 0.147. The van der Waals surface area contributed by atoms with Crippen LogP contribution in [-0.2, 0) is 13.6 Å². The van der Waals surface area contributed by atoms with Gasteiger partial charge >= 0.3 is 7.82 Å². The maximum atomic E-state index is 11.2. The molecule has 92 valence electrons. The molecule has 0 fully saturated rings. The molecule has 0 rings (SSSR count). The lowest BCUT2D eigenvalue weighted by Crippen LogP contribution is -2.00. The molecule has 1 atom stereocenters. The van der Waals surface area contributed by atoms with E-state index in [4.69, 9.17) is 15.2 Å². The van der Waals surface area contributed by atoms with Crippen LogP contribution in [0.5, 0.6) is 0 Å². The molecule has 5 nitrogen and oxygen atoms in total. The number of unbranched alkanes of at least 4 members (excludes halogenated alkanes) is 3. The van der Waals surface area contributed by atoms with Crippen LogP contribution < -0.4 is 5.73 Å². The van der Waals surface area contributed by atoms with E-state index in [0.717, 1.165) is 25.7 Å². The fraction of sp³-hybridized carbons (Fsp3) is 1.00. The molecule has 0 aromatic carbocycles. The van der Waals surface area contributed by atoms with Gasteiger partial charge in [0.05, 0.1) is 13.2 Å². The van der Waals surface area contributed by atoms with E-state index in [9.17, 15) is 4.57 Å². The molecule has 1 unspecified atom stereocenters. The summed E-state index contributed by atoms with van der Waals surface area (Å²) in [6.07, 6.45) is 4.45. The topological polar surface area (TPSA) is 81.8 Å². The number of phosphoric acid groups is 1. The van der Waals surface area contributed by atoms with Crippen LogP contribution in [0, 0.1) is 0 Å². The average molecular weight is 239 g/mol. The molecule has 0 radical (unpaired) electrons. The van der Waals surface area contributed by atoms with Crippen LogP contribution in [0.15, 0.2) is 0 Å². The summed E-state index contributed by atoms with van der Waals surface area (Å²) in [6.45, 7) is 3.08. The van der Waals surface area contributed by atoms with Gasteiger partial charge in [-0.25, -0.2) is 4.57 Å². The van der Waals surface area contributed by atoms with Gasteiger partial charge in [-0.3, -0.25) is 9.05 Å². The van der Waals surface area contributed by atoms with Crippen LogP contribution >= 0.6 is 7.82 Å². The number of rotatable bonds is 10. The Hall–Kier alpha value is 0.0700. The first kappa shape index (κ1) is 15.1. The molecular weight excluding hydrogens is 217 g/mol. The minimum absolute atomic E-state index is 0.251. The number of hydrogen-bond acceptors (Lipinski definition) is 4. The van der Waals surface area contributed by atoms with Crippen LogP contribution in [0.4, 0.5) is 0 Å². The predicted molar refractivity (Wildman–Crippen MR) is 59.5 cm³/mol. The highest BCUT2D eigenvalue weighted by molar-refractivity contribution is 7.47. The Labute approximate surface area is 91.6 Å². The van der Waals surface area contributed by atoms with Crippen molar-refractivity contribution in [3.8, 4) is 0 Å². The third-order valence-corrected chi connectivity index (χ3v) is 2.83. The van der Waals surface area contributed by atoms with Crippen molar-refractivity contribution in [2.45, 2.75) is 39.0 Å². The molecule has 0 aliphatic carbocycles. The molecule has 0 aliphatic heterocycles. The summed E-state index contributed by atoms with van der Waals surface area (Å²) in [7, 11) is -3.79. The first-order valence-electron chi connectivity index (χ1n) is 5.44. The van der Waals surface area contributed by atoms with Crippen LogP contribution in [0.1, 0.15) is 39.0 Å². The van der Waals surface area contributed by atoms with Crippen molar-refractivity contribution < 1.29 is 18.5 Å². The van der Waals surface area contributed by atoms with Gasteiger partial charge in [-0.2, -0.15) is 0 Å². The fourth-order valence-corrected chi connectivity index (χ4v) is 1.87. The summed E-state index contributed by atoms with van der Waals surface area (Å²) in [5, 5.41) is 0. The van der Waals surface area contributed by atoms with Crippen LogP contribution in [0.2, 0.25) is 0 Å². The van der Waals surface area contributed by atoms with E-state index in [1.54, 1.807) is 0 Å². The normalized spacial score (nSPS) is 15.1. The monoisotopic (exact) mass is 239 g/mol. The van der Waals surface area contributed by atoms with Crippen LogP contribution in [-0.4, -0.2) is 24.7 Å². The average Bonchev–Trinajstić information content (AvgIpc) is 2.20. The molecule has 0 saturated heterocycles. The fourth-order valence-electron chi connectivity index (χ4n) is 1.02. The maximum absolute atomic E-state index is 11.2. The first-order valence-corrected chi connectivity index (χ1v) is 6.94. The molecule has 0 aromatic rings. The number of phosphoric ester groups is 1. The smallest absolute Gasteiger partial charge is 0.330 e. The van der Waals surface area contributed by atoms with E-state index in [-0.39, 0.29) is 13.2 Å². The van der Waals surface area contributed by atoms with Crippen molar-refractivity contribution in [3.05, 3.63) is 0 Å². The van der Waals surface area contributed by atoms with Gasteiger partial charge in [-0.05, 0) is 25.8 Å². The zero-order valence-corrected chi connectivity index (χ0v) is 10.2. The van der Waals surface area contributed by atoms with Crippen molar-refractivity contribution in [1.29, 1.82) is 0 Å². The lowest BCUT2D eigenvalue weighted by atomic mass is 10.2. The predicted octanol–water partition coefficient (Wildman–Crippen LogP) is 2.05. The van der Waals surface area contributed by atoms with E-state index < -0.39 is 7.82 Å². The second kappa shape index (κ2) is 9.31. The SMILES string of the molecule is CCCOP(=O)(O)OCCCCCCN. The highest BCUT2D eigenvalue weighted by atomic mass is 31.2. The minimum atomic E-state index is -3.79. The lowest BCUT2D eigenvalue weighted by Gasteiger charge is -2.11. The molecule has 0 bridgehead atoms. The van der Waals surface area contributed by atoms with Crippen molar-refractivity contribution in [2.24, 2.45) is 5.73 Å². The van der Waals surface area contributed by atoms with Gasteiger partial charge in [-0.1, -0.05) is 19.8 Å². The van der Waals surface area contributed by atoms with Gasteiger partial charge in [0, 0.05) is 0 Å². The minimum Gasteiger partial charge on any atom is -0.330 e. The van der Waals surface area contributed by atoms with E-state index in [0.29, 0.717) is 13.0 Å². The Morgan fingerprint density at radius 2 is 1.73 bits per heavy atom. The zero-order chi connectivity index (χ0) is 11.6. The second-order valence-electron chi connectivity index (χ2n) is 3.34. The summed E-state index contributed by atoms with van der Waals surface area (Å²) in [6, 6.07) is 0. The highest BCUT2D eigenvalue weighted by Gasteiger charge is 2.19. The molecule has 0 heterocycles. The quantitative estimate of drug-likeness (QED) is 0.450. The number of hydrogen-bond donors (Lipinski definition) is 2. The van der Waals surface area contributed by atoms with Crippen molar-refractivity contribution in [2.75, 3.05) is 19.8 Å². The molecule has 0 saturated carbocycles. The molecule has 0 amide bonds. The summed E-state index contributed by atoms with van der Waals surface area (Å²) in [5.41, 5.74) is 5.33. The van der Waals surface area contributed by atoms with Gasteiger partial charge in [0.15, 0.2) is 0 Å². The van der Waals surface area contributed by atoms with Gasteiger partial charge in [-0.15, -0.1) is 0 Å². The van der Waals surface area contributed by atoms with Gasteiger partial charge in [0.1, 0.15) is 0 Å². The molecular formula is C9H22NO4P. The first-order chi connectivity index (χ1) is 7.12. The van der Waals surface area contributed by atoms with Gasteiger partial charge < -0.3 is 10.6 Å². The molecule has 6 heteroatoms. The van der Waals surface area contributed by atoms with Crippen molar-refractivity contribution >= 4 is 7.82 Å². The van der Waals surface area contributed by atoms with Gasteiger partial charge in [0.2, 0.25) is 0 Å². The van der Waals surface area contributed by atoms with Gasteiger partial charge in [0.25, 0.3) is 0 Å². The molecule has 3 N–H and O–H groups in total. The van der Waals surface area contributed by atoms with E-state index in [1.165, 1.54) is 0 Å². The number of nitrogens with two attached hydrogens (primary N) is 1. The van der Waals surface area contributed by atoms with Crippen LogP contribution in [0.3, 0.4) is 0 Å². The van der Waals surface area contributed by atoms with E-state index in [1.807, 2.05) is 6.92 Å². The van der Waals surface area contributed by atoms with E-state index in [2.05, 4.69) is 4.52 Å². The summed E-state index contributed by atoms with van der Waals surface area (Å²) < 4.78 is 20.6. The van der Waals surface area contributed by atoms with Crippen molar-refractivity contribution in [1.82, 2.24) is 0 Å². The molecule has 0 aliphatic rings. The molecule has 15 heavy (non-hydrogen) atoms. The Morgan fingerprint density at radius 3 is 2.33 bits per heavy atom. The summed E-state index contributed by atoms with van der Waals surface area (Å²) in [5.74, 6) is 0. The Balaban J connectivity index is 3.36. The third-order valence-electron chi connectivity index (χ3n) is 1.81. The molecule has 0 spiro atoms. The summed E-state index contributed by atoms with van der Waals surface area (Å²) >= 11 is 0. The second-order valence-corrected chi connectivity index (χ2v) is 4.79.